The Labute approximate surface area is 202 Å². The minimum absolute atomic E-state index is 0.0837. The molecule has 0 fully saturated rings. The number of carboxylic acid groups (broad SMARTS) is 1. The third-order valence-corrected chi connectivity index (χ3v) is 5.66. The zero-order chi connectivity index (χ0) is 26.2. The fourth-order valence-electron chi connectivity index (χ4n) is 4.74. The highest BCUT2D eigenvalue weighted by Gasteiger charge is 2.44. The number of carbonyl (C=O) groups is 1. The van der Waals surface area contributed by atoms with Crippen molar-refractivity contribution in [1.29, 1.82) is 0 Å². The lowest BCUT2D eigenvalue weighted by atomic mass is 9.86. The second kappa shape index (κ2) is 9.39. The van der Waals surface area contributed by atoms with Crippen molar-refractivity contribution in [3.63, 3.8) is 0 Å². The van der Waals surface area contributed by atoms with Gasteiger partial charge in [-0.1, -0.05) is 13.8 Å². The lowest BCUT2D eigenvalue weighted by Gasteiger charge is -2.47. The van der Waals surface area contributed by atoms with Gasteiger partial charge in [-0.2, -0.15) is 18.3 Å². The summed E-state index contributed by atoms with van der Waals surface area (Å²) in [6.45, 7) is 10.6. The zero-order valence-corrected chi connectivity index (χ0v) is 20.7. The van der Waals surface area contributed by atoms with Crippen molar-refractivity contribution in [1.82, 2.24) is 19.5 Å². The molecule has 1 aromatic carbocycles. The maximum absolute atomic E-state index is 14.1. The summed E-state index contributed by atoms with van der Waals surface area (Å²) in [5.41, 5.74) is -1.54. The van der Waals surface area contributed by atoms with Crippen LogP contribution in [0.4, 0.5) is 18.0 Å². The summed E-state index contributed by atoms with van der Waals surface area (Å²) in [6.07, 6.45) is -2.41. The Morgan fingerprint density at radius 2 is 1.80 bits per heavy atom. The Balaban J connectivity index is 2.02. The molecule has 0 spiro atoms. The first-order valence-electron chi connectivity index (χ1n) is 11.3. The first kappa shape index (κ1) is 26.3. The number of amides is 1. The van der Waals surface area contributed by atoms with Gasteiger partial charge in [0.05, 0.1) is 23.0 Å². The maximum Gasteiger partial charge on any atom is 0.419 e. The number of benzene rings is 1. The van der Waals surface area contributed by atoms with Crippen LogP contribution in [0, 0.1) is 5.92 Å². The Kier molecular flexibility index (Phi) is 7.06. The van der Waals surface area contributed by atoms with Gasteiger partial charge in [0.1, 0.15) is 12.4 Å². The number of rotatable bonds is 7. The molecule has 10 heteroatoms. The highest BCUT2D eigenvalue weighted by atomic mass is 19.4. The minimum atomic E-state index is -4.69. The molecule has 0 unspecified atom stereocenters. The summed E-state index contributed by atoms with van der Waals surface area (Å²) >= 11 is 0. The topological polar surface area (TPSA) is 80.0 Å². The van der Waals surface area contributed by atoms with E-state index < -0.39 is 28.9 Å². The van der Waals surface area contributed by atoms with E-state index in [2.05, 4.69) is 10.1 Å². The standard InChI is InChI=1S/C25H31F3N4O3/c1-16(2)14-24(6,32(22(33)34)23(3,4)5)15-35-20-8-7-17(13-18(20)25(26,27)28)19-9-11-29-21-10-12-30-31(19)21/h7-13,16H,14-15H2,1-6H3,(H,33,34)/t24-/m0/s1. The van der Waals surface area contributed by atoms with Crippen molar-refractivity contribution < 1.29 is 27.8 Å². The molecule has 1 atom stereocenters. The SMILES string of the molecule is CC(C)C[C@@](C)(COc1ccc(-c2ccnc3ccnn23)cc1C(F)(F)F)N(C(=O)O)C(C)(C)C. The van der Waals surface area contributed by atoms with Gasteiger partial charge < -0.3 is 9.84 Å². The molecule has 0 saturated carbocycles. The van der Waals surface area contributed by atoms with Gasteiger partial charge in [-0.15, -0.1) is 0 Å². The fraction of sp³-hybridized carbons (Fsp3) is 0.480. The van der Waals surface area contributed by atoms with Crippen LogP contribution in [0.2, 0.25) is 0 Å². The first-order chi connectivity index (χ1) is 16.1. The molecule has 1 N–H and O–H groups in total. The molecule has 7 nitrogen and oxygen atoms in total. The number of hydrogen-bond donors (Lipinski definition) is 1. The Hall–Kier alpha value is -3.30. The van der Waals surface area contributed by atoms with Gasteiger partial charge in [0.2, 0.25) is 0 Å². The van der Waals surface area contributed by atoms with Crippen LogP contribution in [-0.4, -0.2) is 48.4 Å². The predicted molar refractivity (Wildman–Crippen MR) is 126 cm³/mol. The molecule has 0 aliphatic carbocycles. The number of hydrogen-bond acceptors (Lipinski definition) is 4. The molecule has 0 bridgehead atoms. The van der Waals surface area contributed by atoms with Crippen LogP contribution in [0.25, 0.3) is 16.9 Å². The van der Waals surface area contributed by atoms with Crippen LogP contribution >= 0.6 is 0 Å². The molecule has 0 saturated heterocycles. The zero-order valence-electron chi connectivity index (χ0n) is 20.7. The number of aromatic nitrogens is 3. The van der Waals surface area contributed by atoms with E-state index in [1.165, 1.54) is 33.9 Å². The summed E-state index contributed by atoms with van der Waals surface area (Å²) in [5.74, 6) is -0.276. The molecule has 2 aromatic heterocycles. The Morgan fingerprint density at radius 1 is 1.11 bits per heavy atom. The summed E-state index contributed by atoms with van der Waals surface area (Å²) in [7, 11) is 0. The van der Waals surface area contributed by atoms with Crippen molar-refractivity contribution in [2.45, 2.75) is 65.2 Å². The number of ether oxygens (including phenoxy) is 1. The molecule has 0 aliphatic rings. The molecule has 35 heavy (non-hydrogen) atoms. The molecule has 1 amide bonds. The molecule has 0 aliphatic heterocycles. The Morgan fingerprint density at radius 3 is 2.37 bits per heavy atom. The van der Waals surface area contributed by atoms with Gasteiger partial charge in [0.15, 0.2) is 5.65 Å². The van der Waals surface area contributed by atoms with Gasteiger partial charge in [0, 0.05) is 23.4 Å². The second-order valence-electron chi connectivity index (χ2n) is 10.3. The van der Waals surface area contributed by atoms with Gasteiger partial charge >= 0.3 is 12.3 Å². The molecular formula is C25H31F3N4O3. The van der Waals surface area contributed by atoms with Gasteiger partial charge in [-0.3, -0.25) is 4.90 Å². The number of fused-ring (bicyclic) bond motifs is 1. The van der Waals surface area contributed by atoms with E-state index in [9.17, 15) is 23.1 Å². The van der Waals surface area contributed by atoms with Crippen molar-refractivity contribution in [3.8, 4) is 17.0 Å². The van der Waals surface area contributed by atoms with E-state index in [1.807, 2.05) is 13.8 Å². The predicted octanol–water partition coefficient (Wildman–Crippen LogP) is 6.38. The van der Waals surface area contributed by atoms with E-state index >= 15 is 0 Å². The summed E-state index contributed by atoms with van der Waals surface area (Å²) < 4.78 is 49.5. The van der Waals surface area contributed by atoms with E-state index in [0.29, 0.717) is 23.3 Å². The first-order valence-corrected chi connectivity index (χ1v) is 11.3. The monoisotopic (exact) mass is 492 g/mol. The molecule has 3 rings (SSSR count). The van der Waals surface area contributed by atoms with Gasteiger partial charge in [-0.05, 0) is 64.3 Å². The third kappa shape index (κ3) is 5.68. The lowest BCUT2D eigenvalue weighted by Crippen LogP contribution is -2.61. The summed E-state index contributed by atoms with van der Waals surface area (Å²) in [6, 6.07) is 7.06. The average Bonchev–Trinajstić information content (AvgIpc) is 3.18. The molecular weight excluding hydrogens is 461 g/mol. The maximum atomic E-state index is 14.1. The highest BCUT2D eigenvalue weighted by molar-refractivity contribution is 5.67. The normalized spacial score (nSPS) is 14.2. The van der Waals surface area contributed by atoms with Gasteiger partial charge in [0.25, 0.3) is 0 Å². The van der Waals surface area contributed by atoms with E-state index in [4.69, 9.17) is 4.74 Å². The smallest absolute Gasteiger partial charge is 0.419 e. The fourth-order valence-corrected chi connectivity index (χ4v) is 4.74. The number of nitrogens with zero attached hydrogens (tertiary/aromatic N) is 4. The van der Waals surface area contributed by atoms with E-state index in [1.54, 1.807) is 39.8 Å². The van der Waals surface area contributed by atoms with Crippen molar-refractivity contribution in [3.05, 3.63) is 48.3 Å². The molecule has 0 radical (unpaired) electrons. The largest absolute Gasteiger partial charge is 0.491 e. The quantitative estimate of drug-likeness (QED) is 0.414. The van der Waals surface area contributed by atoms with Crippen molar-refractivity contribution in [2.75, 3.05) is 6.61 Å². The molecule has 3 aromatic rings. The highest BCUT2D eigenvalue weighted by Crippen LogP contribution is 2.40. The number of alkyl halides is 3. The molecule has 2 heterocycles. The molecule has 190 valence electrons. The van der Waals surface area contributed by atoms with Crippen molar-refractivity contribution in [2.24, 2.45) is 5.92 Å². The van der Waals surface area contributed by atoms with Gasteiger partial charge in [-0.25, -0.2) is 14.3 Å². The van der Waals surface area contributed by atoms with E-state index in [0.717, 1.165) is 6.07 Å². The lowest BCUT2D eigenvalue weighted by molar-refractivity contribution is -0.139. The Bertz CT molecular complexity index is 1200. The summed E-state index contributed by atoms with van der Waals surface area (Å²) in [5, 5.41) is 14.1. The third-order valence-electron chi connectivity index (χ3n) is 5.66. The van der Waals surface area contributed by atoms with Crippen molar-refractivity contribution >= 4 is 11.7 Å². The number of halogens is 3. The van der Waals surface area contributed by atoms with Crippen LogP contribution < -0.4 is 4.74 Å². The van der Waals surface area contributed by atoms with Crippen LogP contribution in [0.15, 0.2) is 42.7 Å². The van der Waals surface area contributed by atoms with E-state index in [-0.39, 0.29) is 18.3 Å². The van der Waals surface area contributed by atoms with Crippen LogP contribution in [0.3, 0.4) is 0 Å². The average molecular weight is 493 g/mol. The van der Waals surface area contributed by atoms with Crippen LogP contribution in [-0.2, 0) is 6.18 Å². The second-order valence-corrected chi connectivity index (χ2v) is 10.3. The van der Waals surface area contributed by atoms with Crippen LogP contribution in [0.5, 0.6) is 5.75 Å². The minimum Gasteiger partial charge on any atom is -0.491 e. The van der Waals surface area contributed by atoms with Crippen LogP contribution in [0.1, 0.15) is 53.5 Å². The summed E-state index contributed by atoms with van der Waals surface area (Å²) in [4.78, 5) is 17.6.